The van der Waals surface area contributed by atoms with Gasteiger partial charge in [-0.3, -0.25) is 5.41 Å². The van der Waals surface area contributed by atoms with E-state index in [-0.39, 0.29) is 18.1 Å². The van der Waals surface area contributed by atoms with Crippen molar-refractivity contribution in [2.75, 3.05) is 11.4 Å². The molecule has 2 heterocycles. The second-order valence-corrected chi connectivity index (χ2v) is 8.29. The number of aliphatic hydroxyl groups excluding tert-OH is 1. The van der Waals surface area contributed by atoms with Crippen LogP contribution in [-0.2, 0) is 6.61 Å². The van der Waals surface area contributed by atoms with Gasteiger partial charge in [-0.15, -0.1) is 11.3 Å². The number of rotatable bonds is 6. The molecule has 2 N–H and O–H groups in total. The van der Waals surface area contributed by atoms with Gasteiger partial charge < -0.3 is 14.7 Å². The normalized spacial score (nSPS) is 13.6. The number of amidine groups is 1. The summed E-state index contributed by atoms with van der Waals surface area (Å²) < 4.78 is 5.93. The van der Waals surface area contributed by atoms with Gasteiger partial charge in [0.25, 0.3) is 0 Å². The molecular formula is C26H21N3O2S. The van der Waals surface area contributed by atoms with Crippen LogP contribution < -0.4 is 9.64 Å². The summed E-state index contributed by atoms with van der Waals surface area (Å²) in [7, 11) is 0. The molecule has 4 aromatic rings. The van der Waals surface area contributed by atoms with Gasteiger partial charge in [0.15, 0.2) is 0 Å². The molecule has 0 unspecified atom stereocenters. The highest BCUT2D eigenvalue weighted by molar-refractivity contribution is 7.11. The number of aromatic nitrogens is 1. The van der Waals surface area contributed by atoms with Crippen LogP contribution in [0.5, 0.6) is 5.75 Å². The Bertz CT molecular complexity index is 1280. The van der Waals surface area contributed by atoms with Crippen LogP contribution in [0.4, 0.5) is 5.69 Å². The fourth-order valence-electron chi connectivity index (χ4n) is 3.64. The molecule has 0 atom stereocenters. The number of thiazole rings is 1. The van der Waals surface area contributed by atoms with Crippen LogP contribution in [0.2, 0.25) is 0 Å². The SMILES string of the molecule is N=C1C(c2nc(-c3ccccc3)cs2)=C(O)CN1c1cccc(OCc2ccccc2)c1. The Morgan fingerprint density at radius 2 is 1.72 bits per heavy atom. The molecular weight excluding hydrogens is 418 g/mol. The van der Waals surface area contributed by atoms with Crippen LogP contribution >= 0.6 is 11.3 Å². The number of anilines is 1. The third-order valence-electron chi connectivity index (χ3n) is 5.27. The quantitative estimate of drug-likeness (QED) is 0.378. The highest BCUT2D eigenvalue weighted by atomic mass is 32.1. The van der Waals surface area contributed by atoms with E-state index in [0.29, 0.717) is 22.9 Å². The van der Waals surface area contributed by atoms with Crippen molar-refractivity contribution in [2.45, 2.75) is 6.61 Å². The zero-order valence-electron chi connectivity index (χ0n) is 17.2. The van der Waals surface area contributed by atoms with Gasteiger partial charge >= 0.3 is 0 Å². The zero-order chi connectivity index (χ0) is 21.9. The molecule has 0 saturated carbocycles. The summed E-state index contributed by atoms with van der Waals surface area (Å²) in [5.41, 5.74) is 4.22. The molecule has 1 aromatic heterocycles. The molecule has 0 radical (unpaired) electrons. The number of ether oxygens (including phenoxy) is 1. The van der Waals surface area contributed by atoms with Crippen molar-refractivity contribution in [3.63, 3.8) is 0 Å². The molecule has 0 aliphatic carbocycles. The molecule has 1 aliphatic rings. The average molecular weight is 440 g/mol. The number of benzene rings is 3. The second kappa shape index (κ2) is 8.69. The first kappa shape index (κ1) is 20.0. The Hall–Kier alpha value is -3.90. The molecule has 6 heteroatoms. The van der Waals surface area contributed by atoms with E-state index in [9.17, 15) is 5.11 Å². The zero-order valence-corrected chi connectivity index (χ0v) is 18.0. The van der Waals surface area contributed by atoms with Crippen LogP contribution in [-0.4, -0.2) is 22.5 Å². The first-order valence-electron chi connectivity index (χ1n) is 10.3. The maximum atomic E-state index is 10.7. The lowest BCUT2D eigenvalue weighted by Crippen LogP contribution is -2.26. The number of hydrogen-bond acceptors (Lipinski definition) is 5. The summed E-state index contributed by atoms with van der Waals surface area (Å²) in [6, 6.07) is 27.5. The molecule has 158 valence electrons. The Kier molecular flexibility index (Phi) is 5.44. The highest BCUT2D eigenvalue weighted by Gasteiger charge is 2.31. The maximum absolute atomic E-state index is 10.7. The molecule has 0 bridgehead atoms. The van der Waals surface area contributed by atoms with E-state index in [1.165, 1.54) is 11.3 Å². The van der Waals surface area contributed by atoms with Crippen LogP contribution in [0.15, 0.2) is 96.1 Å². The van der Waals surface area contributed by atoms with E-state index in [2.05, 4.69) is 4.98 Å². The van der Waals surface area contributed by atoms with Crippen LogP contribution in [0.1, 0.15) is 10.6 Å². The molecule has 1 aliphatic heterocycles. The van der Waals surface area contributed by atoms with Crippen molar-refractivity contribution in [1.29, 1.82) is 5.41 Å². The summed E-state index contributed by atoms with van der Waals surface area (Å²) in [6.07, 6.45) is 0. The molecule has 3 aromatic carbocycles. The van der Waals surface area contributed by atoms with Crippen molar-refractivity contribution >= 4 is 28.4 Å². The van der Waals surface area contributed by atoms with Gasteiger partial charge in [0.2, 0.25) is 0 Å². The third kappa shape index (κ3) is 4.00. The summed E-state index contributed by atoms with van der Waals surface area (Å²) in [5.74, 6) is 1.10. The minimum atomic E-state index is 0.152. The minimum Gasteiger partial charge on any atom is -0.510 e. The van der Waals surface area contributed by atoms with E-state index in [1.807, 2.05) is 90.3 Å². The van der Waals surface area contributed by atoms with E-state index in [4.69, 9.17) is 10.1 Å². The molecule has 0 saturated heterocycles. The Morgan fingerprint density at radius 3 is 2.50 bits per heavy atom. The van der Waals surface area contributed by atoms with Gasteiger partial charge in [-0.1, -0.05) is 66.7 Å². The monoisotopic (exact) mass is 439 g/mol. The third-order valence-corrected chi connectivity index (χ3v) is 6.13. The lowest BCUT2D eigenvalue weighted by molar-refractivity contribution is 0.306. The molecule has 32 heavy (non-hydrogen) atoms. The van der Waals surface area contributed by atoms with Crippen molar-refractivity contribution in [3.05, 3.63) is 107 Å². The molecule has 0 fully saturated rings. The van der Waals surface area contributed by atoms with Gasteiger partial charge in [0.1, 0.15) is 29.0 Å². The molecule has 5 rings (SSSR count). The van der Waals surface area contributed by atoms with Crippen LogP contribution in [0, 0.1) is 5.41 Å². The minimum absolute atomic E-state index is 0.152. The fourth-order valence-corrected chi connectivity index (χ4v) is 4.53. The first-order chi connectivity index (χ1) is 15.7. The first-order valence-corrected chi connectivity index (χ1v) is 11.1. The summed E-state index contributed by atoms with van der Waals surface area (Å²) in [5, 5.41) is 22.0. The van der Waals surface area contributed by atoms with E-state index >= 15 is 0 Å². The highest BCUT2D eigenvalue weighted by Crippen LogP contribution is 2.35. The lowest BCUT2D eigenvalue weighted by atomic mass is 10.2. The summed E-state index contributed by atoms with van der Waals surface area (Å²) in [6.45, 7) is 0.703. The van der Waals surface area contributed by atoms with E-state index in [0.717, 1.165) is 22.5 Å². The average Bonchev–Trinajstić information content (AvgIpc) is 3.43. The maximum Gasteiger partial charge on any atom is 0.139 e. The van der Waals surface area contributed by atoms with E-state index in [1.54, 1.807) is 4.90 Å². The van der Waals surface area contributed by atoms with Crippen LogP contribution in [0.25, 0.3) is 16.8 Å². The lowest BCUT2D eigenvalue weighted by Gasteiger charge is -2.19. The molecule has 5 nitrogen and oxygen atoms in total. The van der Waals surface area contributed by atoms with Crippen molar-refractivity contribution in [3.8, 4) is 17.0 Å². The fraction of sp³-hybridized carbons (Fsp3) is 0.0769. The second-order valence-electron chi connectivity index (χ2n) is 7.43. The molecule has 0 amide bonds. The number of aliphatic hydroxyl groups is 1. The number of hydrogen-bond donors (Lipinski definition) is 2. The van der Waals surface area contributed by atoms with Crippen molar-refractivity contribution in [1.82, 2.24) is 4.98 Å². The Balaban J connectivity index is 1.34. The van der Waals surface area contributed by atoms with Gasteiger partial charge in [0.05, 0.1) is 17.8 Å². The standard InChI is InChI=1S/C26H21N3O2S/c27-25-24(26-28-22(17-32-26)19-10-5-2-6-11-19)23(30)15-29(25)20-12-7-13-21(14-20)31-16-18-8-3-1-4-9-18/h1-14,17,27,30H,15-16H2. The van der Waals surface area contributed by atoms with Gasteiger partial charge in [-0.2, -0.15) is 0 Å². The number of nitrogens with zero attached hydrogens (tertiary/aromatic N) is 2. The Morgan fingerprint density at radius 1 is 0.969 bits per heavy atom. The number of nitrogens with one attached hydrogen (secondary N) is 1. The summed E-state index contributed by atoms with van der Waals surface area (Å²) >= 11 is 1.43. The summed E-state index contributed by atoms with van der Waals surface area (Å²) in [4.78, 5) is 6.45. The topological polar surface area (TPSA) is 69.4 Å². The van der Waals surface area contributed by atoms with Crippen LogP contribution in [0.3, 0.4) is 0 Å². The van der Waals surface area contributed by atoms with Crippen molar-refractivity contribution in [2.24, 2.45) is 0 Å². The van der Waals surface area contributed by atoms with Gasteiger partial charge in [-0.25, -0.2) is 4.98 Å². The predicted molar refractivity (Wildman–Crippen MR) is 129 cm³/mol. The van der Waals surface area contributed by atoms with Gasteiger partial charge in [-0.05, 0) is 17.7 Å². The van der Waals surface area contributed by atoms with Crippen molar-refractivity contribution < 1.29 is 9.84 Å². The van der Waals surface area contributed by atoms with E-state index < -0.39 is 0 Å². The Labute approximate surface area is 190 Å². The molecule has 0 spiro atoms. The van der Waals surface area contributed by atoms with Gasteiger partial charge in [0, 0.05) is 22.7 Å². The smallest absolute Gasteiger partial charge is 0.139 e. The largest absolute Gasteiger partial charge is 0.510 e. The predicted octanol–water partition coefficient (Wildman–Crippen LogP) is 6.16.